The van der Waals surface area contributed by atoms with Crippen molar-refractivity contribution in [3.63, 3.8) is 0 Å². The fourth-order valence-corrected chi connectivity index (χ4v) is 1.48. The number of halogens is 2. The first-order valence-electron chi connectivity index (χ1n) is 4.15. The molecule has 0 spiro atoms. The zero-order chi connectivity index (χ0) is 10.7. The van der Waals surface area contributed by atoms with E-state index in [0.29, 0.717) is 5.56 Å². The quantitative estimate of drug-likeness (QED) is 0.820. The van der Waals surface area contributed by atoms with Crippen molar-refractivity contribution in [3.8, 4) is 6.07 Å². The highest BCUT2D eigenvalue weighted by Gasteiger charge is 2.16. The molecule has 74 valence electrons. The first kappa shape index (κ1) is 11.0. The minimum Gasteiger partial charge on any atom is -0.323 e. The van der Waals surface area contributed by atoms with Gasteiger partial charge in [0.15, 0.2) is 0 Å². The first-order valence-corrected chi connectivity index (χ1v) is 4.52. The highest BCUT2D eigenvalue weighted by molar-refractivity contribution is 6.30. The normalized spacial score (nSPS) is 12.2. The molecule has 1 rings (SSSR count). The number of benzene rings is 1. The molecule has 2 nitrogen and oxygen atoms in total. The van der Waals surface area contributed by atoms with Crippen molar-refractivity contribution < 1.29 is 4.39 Å². The fourth-order valence-electron chi connectivity index (χ4n) is 1.32. The lowest BCUT2D eigenvalue weighted by Crippen LogP contribution is -2.13. The number of nitriles is 1. The highest BCUT2D eigenvalue weighted by Crippen LogP contribution is 2.26. The van der Waals surface area contributed by atoms with E-state index < -0.39 is 11.9 Å². The number of aryl methyl sites for hydroxylation is 1. The molecule has 0 aliphatic heterocycles. The summed E-state index contributed by atoms with van der Waals surface area (Å²) in [6.45, 7) is 1.74. The van der Waals surface area contributed by atoms with Gasteiger partial charge in [0, 0.05) is 11.6 Å². The van der Waals surface area contributed by atoms with Crippen molar-refractivity contribution in [3.05, 3.63) is 34.1 Å². The molecule has 4 heteroatoms. The van der Waals surface area contributed by atoms with E-state index in [1.165, 1.54) is 6.07 Å². The summed E-state index contributed by atoms with van der Waals surface area (Å²) in [7, 11) is 0. The van der Waals surface area contributed by atoms with Gasteiger partial charge in [-0.1, -0.05) is 17.7 Å². The van der Waals surface area contributed by atoms with Crippen LogP contribution in [-0.2, 0) is 0 Å². The van der Waals surface area contributed by atoms with Gasteiger partial charge < -0.3 is 5.73 Å². The average molecular weight is 213 g/mol. The van der Waals surface area contributed by atoms with Crippen LogP contribution in [0, 0.1) is 24.1 Å². The van der Waals surface area contributed by atoms with E-state index in [2.05, 4.69) is 0 Å². The van der Waals surface area contributed by atoms with Crippen LogP contribution in [0.4, 0.5) is 4.39 Å². The second-order valence-corrected chi connectivity index (χ2v) is 3.47. The van der Waals surface area contributed by atoms with Crippen LogP contribution in [0.25, 0.3) is 0 Å². The predicted octanol–water partition coefficient (Wildman–Crippen LogP) is 2.70. The molecule has 0 radical (unpaired) electrons. The van der Waals surface area contributed by atoms with Crippen molar-refractivity contribution in [1.82, 2.24) is 0 Å². The molecule has 14 heavy (non-hydrogen) atoms. The van der Waals surface area contributed by atoms with E-state index in [-0.39, 0.29) is 11.4 Å². The van der Waals surface area contributed by atoms with Crippen molar-refractivity contribution in [2.24, 2.45) is 5.73 Å². The third-order valence-corrected chi connectivity index (χ3v) is 2.32. The number of hydrogen-bond acceptors (Lipinski definition) is 2. The Morgan fingerprint density at radius 3 is 2.86 bits per heavy atom. The maximum absolute atomic E-state index is 13.5. The summed E-state index contributed by atoms with van der Waals surface area (Å²) >= 11 is 5.62. The monoisotopic (exact) mass is 212 g/mol. The second kappa shape index (κ2) is 4.41. The smallest absolute Gasteiger partial charge is 0.146 e. The molecule has 0 bridgehead atoms. The van der Waals surface area contributed by atoms with E-state index in [9.17, 15) is 4.39 Å². The van der Waals surface area contributed by atoms with Crippen LogP contribution in [0.15, 0.2) is 12.1 Å². The Balaban J connectivity index is 3.19. The molecule has 0 amide bonds. The summed E-state index contributed by atoms with van der Waals surface area (Å²) < 4.78 is 13.5. The SMILES string of the molecule is Cc1ccc(Cl)c(F)c1C(N)CC#N. The zero-order valence-electron chi connectivity index (χ0n) is 7.72. The summed E-state index contributed by atoms with van der Waals surface area (Å²) in [5.74, 6) is -0.519. The Kier molecular flexibility index (Phi) is 3.45. The van der Waals surface area contributed by atoms with Crippen molar-refractivity contribution >= 4 is 11.6 Å². The average Bonchev–Trinajstić information content (AvgIpc) is 2.13. The predicted molar refractivity (Wildman–Crippen MR) is 53.3 cm³/mol. The minimum absolute atomic E-state index is 0.0407. The van der Waals surface area contributed by atoms with Crippen LogP contribution in [0.2, 0.25) is 5.02 Å². The van der Waals surface area contributed by atoms with E-state index >= 15 is 0 Å². The number of hydrogen-bond donors (Lipinski definition) is 1. The lowest BCUT2D eigenvalue weighted by atomic mass is 9.99. The van der Waals surface area contributed by atoms with Gasteiger partial charge in [0.05, 0.1) is 17.5 Å². The molecule has 2 N–H and O–H groups in total. The van der Waals surface area contributed by atoms with Crippen LogP contribution >= 0.6 is 11.6 Å². The Morgan fingerprint density at radius 1 is 1.64 bits per heavy atom. The molecular weight excluding hydrogens is 203 g/mol. The third-order valence-electron chi connectivity index (χ3n) is 2.03. The van der Waals surface area contributed by atoms with Gasteiger partial charge in [-0.05, 0) is 18.6 Å². The van der Waals surface area contributed by atoms with Gasteiger partial charge in [0.1, 0.15) is 5.82 Å². The Morgan fingerprint density at radius 2 is 2.29 bits per heavy atom. The van der Waals surface area contributed by atoms with Crippen molar-refractivity contribution in [2.45, 2.75) is 19.4 Å². The molecule has 1 aromatic carbocycles. The topological polar surface area (TPSA) is 49.8 Å². The third kappa shape index (κ3) is 2.03. The molecule has 1 aromatic rings. The summed E-state index contributed by atoms with van der Waals surface area (Å²) in [6, 6.07) is 4.47. The van der Waals surface area contributed by atoms with Gasteiger partial charge in [-0.3, -0.25) is 0 Å². The Bertz CT molecular complexity index is 384. The lowest BCUT2D eigenvalue weighted by molar-refractivity contribution is 0.582. The first-order chi connectivity index (χ1) is 6.57. The van der Waals surface area contributed by atoms with E-state index in [0.717, 1.165) is 5.56 Å². The molecule has 0 saturated carbocycles. The molecule has 0 aliphatic rings. The van der Waals surface area contributed by atoms with Crippen LogP contribution in [-0.4, -0.2) is 0 Å². The van der Waals surface area contributed by atoms with Crippen molar-refractivity contribution in [1.29, 1.82) is 5.26 Å². The van der Waals surface area contributed by atoms with E-state index in [4.69, 9.17) is 22.6 Å². The van der Waals surface area contributed by atoms with E-state index in [1.807, 2.05) is 6.07 Å². The maximum atomic E-state index is 13.5. The summed E-state index contributed by atoms with van der Waals surface area (Å²) in [5, 5.41) is 8.50. The van der Waals surface area contributed by atoms with Gasteiger partial charge in [-0.2, -0.15) is 5.26 Å². The summed E-state index contributed by atoms with van der Waals surface area (Å²) in [6.07, 6.45) is 0.0815. The van der Waals surface area contributed by atoms with Gasteiger partial charge in [-0.25, -0.2) is 4.39 Å². The Hall–Kier alpha value is -1.11. The van der Waals surface area contributed by atoms with Crippen LogP contribution in [0.3, 0.4) is 0 Å². The standard InChI is InChI=1S/C10H10ClFN2/c1-6-2-3-7(11)10(12)9(6)8(14)4-5-13/h2-3,8H,4,14H2,1H3. The van der Waals surface area contributed by atoms with Crippen LogP contribution in [0.5, 0.6) is 0 Å². The zero-order valence-corrected chi connectivity index (χ0v) is 8.48. The Labute approximate surface area is 87.1 Å². The van der Waals surface area contributed by atoms with Crippen LogP contribution < -0.4 is 5.73 Å². The molecule has 1 unspecified atom stereocenters. The molecular formula is C10H10ClFN2. The van der Waals surface area contributed by atoms with Gasteiger partial charge in [0.2, 0.25) is 0 Å². The maximum Gasteiger partial charge on any atom is 0.146 e. The largest absolute Gasteiger partial charge is 0.323 e. The highest BCUT2D eigenvalue weighted by atomic mass is 35.5. The number of nitrogens with two attached hydrogens (primary N) is 1. The summed E-state index contributed by atoms with van der Waals surface area (Å²) in [4.78, 5) is 0. The molecule has 1 atom stereocenters. The van der Waals surface area contributed by atoms with Gasteiger partial charge in [0.25, 0.3) is 0 Å². The minimum atomic E-state index is -0.612. The van der Waals surface area contributed by atoms with Gasteiger partial charge in [-0.15, -0.1) is 0 Å². The molecule has 0 heterocycles. The summed E-state index contributed by atoms with van der Waals surface area (Å²) in [5.41, 5.74) is 6.70. The van der Waals surface area contributed by atoms with Crippen molar-refractivity contribution in [2.75, 3.05) is 0 Å². The molecule has 0 aromatic heterocycles. The van der Waals surface area contributed by atoms with E-state index in [1.54, 1.807) is 13.0 Å². The molecule has 0 aliphatic carbocycles. The van der Waals surface area contributed by atoms with Gasteiger partial charge >= 0.3 is 0 Å². The fraction of sp³-hybridized carbons (Fsp3) is 0.300. The second-order valence-electron chi connectivity index (χ2n) is 3.06. The number of nitrogens with zero attached hydrogens (tertiary/aromatic N) is 1. The van der Waals surface area contributed by atoms with Crippen LogP contribution in [0.1, 0.15) is 23.6 Å². The number of rotatable bonds is 2. The molecule has 0 saturated heterocycles. The molecule has 0 fully saturated rings. The lowest BCUT2D eigenvalue weighted by Gasteiger charge is -2.13.